The SMILES string of the molecule is CS(=O)(=O)C1CC=C(c2ccc3c(c2)CNC3)CC1. The van der Waals surface area contributed by atoms with Gasteiger partial charge in [-0.2, -0.15) is 0 Å². The van der Waals surface area contributed by atoms with Crippen molar-refractivity contribution in [2.75, 3.05) is 6.26 Å². The molecule has 0 spiro atoms. The molecule has 3 rings (SSSR count). The molecule has 1 aliphatic carbocycles. The lowest BCUT2D eigenvalue weighted by Crippen LogP contribution is -2.21. The predicted molar refractivity (Wildman–Crippen MR) is 77.4 cm³/mol. The van der Waals surface area contributed by atoms with Crippen LogP contribution < -0.4 is 5.32 Å². The number of nitrogens with one attached hydrogen (secondary N) is 1. The fraction of sp³-hybridized carbons (Fsp3) is 0.467. The van der Waals surface area contributed by atoms with Crippen molar-refractivity contribution in [2.45, 2.75) is 37.6 Å². The molecule has 1 heterocycles. The smallest absolute Gasteiger partial charge is 0.150 e. The van der Waals surface area contributed by atoms with Crippen molar-refractivity contribution in [1.82, 2.24) is 5.32 Å². The van der Waals surface area contributed by atoms with Gasteiger partial charge in [0.2, 0.25) is 0 Å². The summed E-state index contributed by atoms with van der Waals surface area (Å²) in [5.41, 5.74) is 5.32. The van der Waals surface area contributed by atoms with E-state index in [0.29, 0.717) is 6.42 Å². The van der Waals surface area contributed by atoms with Gasteiger partial charge in [-0.15, -0.1) is 0 Å². The van der Waals surface area contributed by atoms with Gasteiger partial charge in [0.25, 0.3) is 0 Å². The average Bonchev–Trinajstić information content (AvgIpc) is 2.85. The van der Waals surface area contributed by atoms with Crippen LogP contribution >= 0.6 is 0 Å². The summed E-state index contributed by atoms with van der Waals surface area (Å²) < 4.78 is 23.1. The maximum Gasteiger partial charge on any atom is 0.150 e. The van der Waals surface area contributed by atoms with E-state index in [0.717, 1.165) is 25.9 Å². The van der Waals surface area contributed by atoms with Crippen LogP contribution in [-0.4, -0.2) is 19.9 Å². The number of sulfone groups is 1. The molecule has 1 atom stereocenters. The molecule has 1 N–H and O–H groups in total. The Morgan fingerprint density at radius 1 is 1.21 bits per heavy atom. The monoisotopic (exact) mass is 277 g/mol. The molecule has 0 saturated heterocycles. The lowest BCUT2D eigenvalue weighted by atomic mass is 9.92. The summed E-state index contributed by atoms with van der Waals surface area (Å²) >= 11 is 0. The van der Waals surface area contributed by atoms with Crippen LogP contribution in [0.3, 0.4) is 0 Å². The van der Waals surface area contributed by atoms with E-state index in [4.69, 9.17) is 0 Å². The predicted octanol–water partition coefficient (Wildman–Crippen LogP) is 2.27. The van der Waals surface area contributed by atoms with Gasteiger partial charge >= 0.3 is 0 Å². The second-order valence-corrected chi connectivity index (χ2v) is 7.87. The van der Waals surface area contributed by atoms with Crippen LogP contribution in [0, 0.1) is 0 Å². The van der Waals surface area contributed by atoms with Crippen molar-refractivity contribution < 1.29 is 8.42 Å². The van der Waals surface area contributed by atoms with Gasteiger partial charge in [-0.3, -0.25) is 0 Å². The summed E-state index contributed by atoms with van der Waals surface area (Å²) in [4.78, 5) is 0. The highest BCUT2D eigenvalue weighted by atomic mass is 32.2. The highest BCUT2D eigenvalue weighted by Crippen LogP contribution is 2.31. The topological polar surface area (TPSA) is 46.2 Å². The van der Waals surface area contributed by atoms with E-state index in [1.165, 1.54) is 28.5 Å². The summed E-state index contributed by atoms with van der Waals surface area (Å²) in [6.45, 7) is 1.91. The van der Waals surface area contributed by atoms with Crippen LogP contribution in [0.5, 0.6) is 0 Å². The lowest BCUT2D eigenvalue weighted by Gasteiger charge is -2.21. The number of rotatable bonds is 2. The van der Waals surface area contributed by atoms with Crippen molar-refractivity contribution in [3.8, 4) is 0 Å². The molecule has 102 valence electrons. The zero-order valence-corrected chi connectivity index (χ0v) is 12.0. The molecule has 1 unspecified atom stereocenters. The van der Waals surface area contributed by atoms with Crippen LogP contribution in [0.15, 0.2) is 24.3 Å². The molecule has 0 bridgehead atoms. The lowest BCUT2D eigenvalue weighted by molar-refractivity contribution is 0.575. The van der Waals surface area contributed by atoms with Crippen LogP contribution in [-0.2, 0) is 22.9 Å². The Labute approximate surface area is 114 Å². The van der Waals surface area contributed by atoms with Gasteiger partial charge in [-0.05, 0) is 47.6 Å². The van der Waals surface area contributed by atoms with Crippen molar-refractivity contribution in [1.29, 1.82) is 0 Å². The molecular formula is C15H19NO2S. The fourth-order valence-corrected chi connectivity index (χ4v) is 3.95. The second-order valence-electron chi connectivity index (χ2n) is 5.54. The third kappa shape index (κ3) is 2.60. The number of hydrogen-bond donors (Lipinski definition) is 1. The molecule has 0 amide bonds. The number of benzene rings is 1. The third-order valence-corrected chi connectivity index (χ3v) is 5.82. The first-order valence-corrected chi connectivity index (χ1v) is 8.70. The van der Waals surface area contributed by atoms with Gasteiger partial charge in [0.1, 0.15) is 0 Å². The van der Waals surface area contributed by atoms with Crippen molar-refractivity contribution in [2.24, 2.45) is 0 Å². The first-order chi connectivity index (χ1) is 9.04. The van der Waals surface area contributed by atoms with Gasteiger partial charge < -0.3 is 5.32 Å². The Bertz CT molecular complexity index is 632. The van der Waals surface area contributed by atoms with E-state index in [-0.39, 0.29) is 5.25 Å². The normalized spacial score (nSPS) is 23.0. The van der Waals surface area contributed by atoms with Gasteiger partial charge in [0.05, 0.1) is 5.25 Å². The number of hydrogen-bond acceptors (Lipinski definition) is 3. The first kappa shape index (κ1) is 12.9. The largest absolute Gasteiger partial charge is 0.309 e. The second kappa shape index (κ2) is 4.76. The van der Waals surface area contributed by atoms with E-state index in [1.54, 1.807) is 0 Å². The minimum atomic E-state index is -2.90. The zero-order valence-electron chi connectivity index (χ0n) is 11.1. The molecule has 19 heavy (non-hydrogen) atoms. The Morgan fingerprint density at radius 2 is 2.00 bits per heavy atom. The molecule has 3 nitrogen and oxygen atoms in total. The van der Waals surface area contributed by atoms with Crippen molar-refractivity contribution >= 4 is 15.4 Å². The average molecular weight is 277 g/mol. The molecule has 2 aliphatic rings. The Morgan fingerprint density at radius 3 is 2.68 bits per heavy atom. The number of fused-ring (bicyclic) bond motifs is 1. The van der Waals surface area contributed by atoms with E-state index in [9.17, 15) is 8.42 Å². The van der Waals surface area contributed by atoms with Gasteiger partial charge in [0, 0.05) is 19.3 Å². The summed E-state index contributed by atoms with van der Waals surface area (Å²) in [5, 5.41) is 3.16. The minimum absolute atomic E-state index is 0.188. The summed E-state index contributed by atoms with van der Waals surface area (Å²) in [6.07, 6.45) is 5.73. The van der Waals surface area contributed by atoms with Crippen LogP contribution in [0.1, 0.15) is 36.0 Å². The first-order valence-electron chi connectivity index (χ1n) is 6.75. The van der Waals surface area contributed by atoms with Crippen LogP contribution in [0.4, 0.5) is 0 Å². The molecule has 1 aromatic rings. The number of allylic oxidation sites excluding steroid dienone is 2. The summed E-state index contributed by atoms with van der Waals surface area (Å²) in [7, 11) is -2.90. The van der Waals surface area contributed by atoms with Crippen LogP contribution in [0.25, 0.3) is 5.57 Å². The Kier molecular flexibility index (Phi) is 3.23. The van der Waals surface area contributed by atoms with E-state index >= 15 is 0 Å². The van der Waals surface area contributed by atoms with Gasteiger partial charge in [0.15, 0.2) is 9.84 Å². The molecule has 0 aromatic heterocycles. The van der Waals surface area contributed by atoms with E-state index in [2.05, 4.69) is 29.6 Å². The summed E-state index contributed by atoms with van der Waals surface area (Å²) in [6, 6.07) is 6.61. The molecule has 0 radical (unpaired) electrons. The molecule has 0 fully saturated rings. The van der Waals surface area contributed by atoms with Gasteiger partial charge in [-0.25, -0.2) is 8.42 Å². The molecule has 0 saturated carbocycles. The van der Waals surface area contributed by atoms with Crippen molar-refractivity contribution in [3.05, 3.63) is 41.0 Å². The minimum Gasteiger partial charge on any atom is -0.309 e. The maximum atomic E-state index is 11.5. The van der Waals surface area contributed by atoms with Gasteiger partial charge in [-0.1, -0.05) is 18.2 Å². The highest BCUT2D eigenvalue weighted by Gasteiger charge is 2.24. The molecular weight excluding hydrogens is 258 g/mol. The fourth-order valence-electron chi connectivity index (χ4n) is 2.96. The molecule has 1 aliphatic heterocycles. The van der Waals surface area contributed by atoms with Crippen molar-refractivity contribution in [3.63, 3.8) is 0 Å². The third-order valence-electron chi connectivity index (χ3n) is 4.18. The Hall–Kier alpha value is -1.13. The quantitative estimate of drug-likeness (QED) is 0.902. The van der Waals surface area contributed by atoms with E-state index < -0.39 is 9.84 Å². The van der Waals surface area contributed by atoms with Crippen LogP contribution in [0.2, 0.25) is 0 Å². The Balaban J connectivity index is 1.83. The summed E-state index contributed by atoms with van der Waals surface area (Å²) in [5.74, 6) is 0. The molecule has 4 heteroatoms. The zero-order chi connectivity index (χ0) is 13.5. The highest BCUT2D eigenvalue weighted by molar-refractivity contribution is 7.91. The molecule has 1 aromatic carbocycles. The van der Waals surface area contributed by atoms with E-state index in [1.807, 2.05) is 0 Å². The maximum absolute atomic E-state index is 11.5. The standard InChI is InChI=1S/C15H19NO2S/c1-19(17,18)15-6-4-11(5-7-15)12-2-3-13-9-16-10-14(13)8-12/h2-4,8,15-16H,5-7,9-10H2,1H3.